The Labute approximate surface area is 218 Å². The largest absolute Gasteiger partial charge is 0.491 e. The molecule has 2 saturated heterocycles. The van der Waals surface area contributed by atoms with E-state index in [0.29, 0.717) is 65.1 Å². The van der Waals surface area contributed by atoms with Gasteiger partial charge in [-0.1, -0.05) is 17.7 Å². The number of rotatable bonds is 9. The Balaban J connectivity index is 1.23. The van der Waals surface area contributed by atoms with Gasteiger partial charge in [-0.3, -0.25) is 9.69 Å². The SMILES string of the molecule is O=C(C=CCN1CC2CC1CO2)Nc1cc2c(Nc3ccc(F)c(Cl)c3)ncnc2cc1OCC1CC1. The highest BCUT2D eigenvalue weighted by atomic mass is 35.5. The lowest BCUT2D eigenvalue weighted by molar-refractivity contribution is -0.111. The number of nitrogens with zero attached hydrogens (tertiary/aromatic N) is 3. The molecular formula is C27H27ClFN5O3. The lowest BCUT2D eigenvalue weighted by Gasteiger charge is -2.25. The summed E-state index contributed by atoms with van der Waals surface area (Å²) < 4.78 is 25.3. The van der Waals surface area contributed by atoms with E-state index in [9.17, 15) is 9.18 Å². The van der Waals surface area contributed by atoms with Crippen molar-refractivity contribution in [2.24, 2.45) is 5.92 Å². The molecule has 3 heterocycles. The molecule has 2 unspecified atom stereocenters. The Kier molecular flexibility index (Phi) is 6.67. The fourth-order valence-electron chi connectivity index (χ4n) is 4.78. The maximum Gasteiger partial charge on any atom is 0.248 e. The van der Waals surface area contributed by atoms with Crippen LogP contribution in [0.1, 0.15) is 19.3 Å². The molecule has 3 aliphatic rings. The van der Waals surface area contributed by atoms with Crippen molar-refractivity contribution in [2.45, 2.75) is 31.4 Å². The van der Waals surface area contributed by atoms with Crippen LogP contribution < -0.4 is 15.4 Å². The number of benzene rings is 2. The van der Waals surface area contributed by atoms with Gasteiger partial charge in [0.25, 0.3) is 0 Å². The van der Waals surface area contributed by atoms with Crippen molar-refractivity contribution < 1.29 is 18.7 Å². The molecule has 6 rings (SSSR count). The van der Waals surface area contributed by atoms with E-state index in [1.807, 2.05) is 12.1 Å². The third-order valence-electron chi connectivity index (χ3n) is 6.97. The summed E-state index contributed by atoms with van der Waals surface area (Å²) >= 11 is 5.94. The molecule has 192 valence electrons. The van der Waals surface area contributed by atoms with Gasteiger partial charge in [-0.2, -0.15) is 0 Å². The number of anilines is 3. The molecule has 1 aliphatic carbocycles. The van der Waals surface area contributed by atoms with E-state index < -0.39 is 5.82 Å². The third-order valence-corrected chi connectivity index (χ3v) is 7.26. The molecule has 0 spiro atoms. The number of likely N-dealkylation sites (tertiary alicyclic amines) is 1. The Hall–Kier alpha value is -3.27. The summed E-state index contributed by atoms with van der Waals surface area (Å²) in [5, 5.41) is 6.82. The Bertz CT molecular complexity index is 1370. The van der Waals surface area contributed by atoms with E-state index in [1.54, 1.807) is 18.2 Å². The molecule has 1 saturated carbocycles. The number of amides is 1. The summed E-state index contributed by atoms with van der Waals surface area (Å²) in [5.41, 5.74) is 1.76. The second-order valence-corrected chi connectivity index (χ2v) is 10.2. The predicted molar refractivity (Wildman–Crippen MR) is 140 cm³/mol. The third kappa shape index (κ3) is 5.53. The van der Waals surface area contributed by atoms with E-state index >= 15 is 0 Å². The molecule has 2 atom stereocenters. The summed E-state index contributed by atoms with van der Waals surface area (Å²) in [5.74, 6) is 0.863. The molecule has 8 nitrogen and oxygen atoms in total. The lowest BCUT2D eigenvalue weighted by atomic mass is 10.1. The number of morpholine rings is 1. The van der Waals surface area contributed by atoms with E-state index in [0.717, 1.165) is 32.4 Å². The molecule has 3 fully saturated rings. The minimum Gasteiger partial charge on any atom is -0.491 e. The number of nitrogens with one attached hydrogen (secondary N) is 2. The van der Waals surface area contributed by atoms with Crippen LogP contribution in [0.4, 0.5) is 21.6 Å². The number of ether oxygens (including phenoxy) is 2. The van der Waals surface area contributed by atoms with Crippen LogP contribution >= 0.6 is 11.6 Å². The first-order chi connectivity index (χ1) is 18.0. The Morgan fingerprint density at radius 3 is 2.92 bits per heavy atom. The van der Waals surface area contributed by atoms with E-state index in [-0.39, 0.29) is 10.9 Å². The number of carbonyl (C=O) groups excluding carboxylic acids is 1. The highest BCUT2D eigenvalue weighted by Crippen LogP contribution is 2.36. The highest BCUT2D eigenvalue weighted by molar-refractivity contribution is 6.31. The summed E-state index contributed by atoms with van der Waals surface area (Å²) in [7, 11) is 0. The van der Waals surface area contributed by atoms with Crippen LogP contribution in [0.5, 0.6) is 5.75 Å². The van der Waals surface area contributed by atoms with E-state index in [4.69, 9.17) is 21.1 Å². The molecule has 3 aromatic rings. The average molecular weight is 524 g/mol. The van der Waals surface area contributed by atoms with Gasteiger partial charge in [0.15, 0.2) is 0 Å². The second-order valence-electron chi connectivity index (χ2n) is 9.79. The van der Waals surface area contributed by atoms with Crippen LogP contribution in [0.25, 0.3) is 10.9 Å². The van der Waals surface area contributed by atoms with Gasteiger partial charge < -0.3 is 20.1 Å². The molecule has 2 bridgehead atoms. The number of fused-ring (bicyclic) bond motifs is 3. The quantitative estimate of drug-likeness (QED) is 0.385. The van der Waals surface area contributed by atoms with Crippen molar-refractivity contribution in [3.8, 4) is 5.75 Å². The summed E-state index contributed by atoms with van der Waals surface area (Å²) in [6, 6.07) is 8.41. The summed E-state index contributed by atoms with van der Waals surface area (Å²) in [6.45, 7) is 2.98. The molecule has 2 aliphatic heterocycles. The Morgan fingerprint density at radius 1 is 1.27 bits per heavy atom. The van der Waals surface area contributed by atoms with Gasteiger partial charge in [-0.05, 0) is 49.4 Å². The molecule has 1 aromatic heterocycles. The predicted octanol–water partition coefficient (Wildman–Crippen LogP) is 4.92. The van der Waals surface area contributed by atoms with Crippen molar-refractivity contribution >= 4 is 45.6 Å². The number of aromatic nitrogens is 2. The standard InChI is InChI=1S/C27H27ClFN5O3/c28-21-8-17(5-6-22(21)29)32-27-20-10-24(25(37-13-16-3-4-16)11-23(20)30-15-31-27)33-26(35)2-1-7-34-12-19-9-18(34)14-36-19/h1-2,5-6,8,10-11,15-16,18-19H,3-4,7,9,12-14H2,(H,33,35)(H,30,31,32). The Morgan fingerprint density at radius 2 is 2.16 bits per heavy atom. The number of carbonyl (C=O) groups is 1. The average Bonchev–Trinajstić information content (AvgIpc) is 3.48. The van der Waals surface area contributed by atoms with Crippen molar-refractivity contribution in [2.75, 3.05) is 36.9 Å². The van der Waals surface area contributed by atoms with Crippen LogP contribution in [-0.2, 0) is 9.53 Å². The monoisotopic (exact) mass is 523 g/mol. The normalized spacial score (nSPS) is 21.1. The number of hydrogen-bond acceptors (Lipinski definition) is 7. The first-order valence-electron chi connectivity index (χ1n) is 12.5. The molecule has 1 amide bonds. The minimum atomic E-state index is -0.499. The zero-order valence-corrected chi connectivity index (χ0v) is 20.9. The van der Waals surface area contributed by atoms with Crippen LogP contribution in [-0.4, -0.2) is 59.2 Å². The van der Waals surface area contributed by atoms with Crippen molar-refractivity contribution in [3.05, 3.63) is 59.7 Å². The van der Waals surface area contributed by atoms with Gasteiger partial charge in [0, 0.05) is 42.3 Å². The number of halogens is 2. The molecule has 2 N–H and O–H groups in total. The second kappa shape index (κ2) is 10.2. The van der Waals surface area contributed by atoms with Gasteiger partial charge in [-0.25, -0.2) is 14.4 Å². The van der Waals surface area contributed by atoms with Crippen molar-refractivity contribution in [1.29, 1.82) is 0 Å². The molecule has 37 heavy (non-hydrogen) atoms. The van der Waals surface area contributed by atoms with E-state index in [2.05, 4.69) is 25.5 Å². The molecule has 2 aromatic carbocycles. The minimum absolute atomic E-state index is 0.00755. The zero-order chi connectivity index (χ0) is 25.4. The topological polar surface area (TPSA) is 88.6 Å². The first kappa shape index (κ1) is 24.1. The molecule has 0 radical (unpaired) electrons. The van der Waals surface area contributed by atoms with Crippen molar-refractivity contribution in [1.82, 2.24) is 14.9 Å². The maximum atomic E-state index is 13.6. The fourth-order valence-corrected chi connectivity index (χ4v) is 4.96. The molecule has 10 heteroatoms. The van der Waals surface area contributed by atoms with E-state index in [1.165, 1.54) is 18.5 Å². The smallest absolute Gasteiger partial charge is 0.248 e. The summed E-state index contributed by atoms with van der Waals surface area (Å²) in [4.78, 5) is 23.9. The van der Waals surface area contributed by atoms with Gasteiger partial charge in [0.05, 0.1) is 35.5 Å². The van der Waals surface area contributed by atoms with Gasteiger partial charge in [0.1, 0.15) is 23.7 Å². The maximum absolute atomic E-state index is 13.6. The van der Waals surface area contributed by atoms with Crippen LogP contribution in [0.15, 0.2) is 48.8 Å². The highest BCUT2D eigenvalue weighted by Gasteiger charge is 2.38. The first-order valence-corrected chi connectivity index (χ1v) is 12.9. The lowest BCUT2D eigenvalue weighted by Crippen LogP contribution is -2.36. The van der Waals surface area contributed by atoms with Gasteiger partial charge in [0.2, 0.25) is 5.91 Å². The van der Waals surface area contributed by atoms with Crippen LogP contribution in [0.3, 0.4) is 0 Å². The van der Waals surface area contributed by atoms with Crippen LogP contribution in [0.2, 0.25) is 5.02 Å². The number of hydrogen-bond donors (Lipinski definition) is 2. The molecular weight excluding hydrogens is 497 g/mol. The van der Waals surface area contributed by atoms with Gasteiger partial charge in [-0.15, -0.1) is 0 Å². The zero-order valence-electron chi connectivity index (χ0n) is 20.1. The van der Waals surface area contributed by atoms with Crippen LogP contribution in [0, 0.1) is 11.7 Å². The fraction of sp³-hybridized carbons (Fsp3) is 0.370. The summed E-state index contributed by atoms with van der Waals surface area (Å²) in [6.07, 6.45) is 8.58. The van der Waals surface area contributed by atoms with Gasteiger partial charge >= 0.3 is 0 Å². The van der Waals surface area contributed by atoms with Crippen molar-refractivity contribution in [3.63, 3.8) is 0 Å².